The molecule has 2 aliphatic heterocycles. The minimum Gasteiger partial charge on any atom is -0.490 e. The van der Waals surface area contributed by atoms with Crippen molar-refractivity contribution >= 4 is 27.3 Å². The van der Waals surface area contributed by atoms with Crippen molar-refractivity contribution in [1.82, 2.24) is 0 Å². The van der Waals surface area contributed by atoms with E-state index >= 15 is 0 Å². The van der Waals surface area contributed by atoms with Gasteiger partial charge in [0.2, 0.25) is 5.91 Å². The number of fused-ring (bicyclic) bond motifs is 2. The summed E-state index contributed by atoms with van der Waals surface area (Å²) in [4.78, 5) is 11.5. The van der Waals surface area contributed by atoms with Crippen LogP contribution in [0.3, 0.4) is 0 Å². The van der Waals surface area contributed by atoms with E-state index in [1.54, 1.807) is 24.3 Å². The van der Waals surface area contributed by atoms with Crippen molar-refractivity contribution in [2.75, 3.05) is 23.3 Å². The molecule has 1 amide bonds. The van der Waals surface area contributed by atoms with Crippen molar-refractivity contribution in [3.8, 4) is 11.5 Å². The van der Waals surface area contributed by atoms with Gasteiger partial charge in [-0.05, 0) is 35.9 Å². The maximum Gasteiger partial charge on any atom is 0.261 e. The smallest absolute Gasteiger partial charge is 0.261 e. The average Bonchev–Trinajstić information content (AvgIpc) is 2.79. The zero-order valence-corrected chi connectivity index (χ0v) is 14.1. The van der Waals surface area contributed by atoms with Crippen LogP contribution in [0.5, 0.6) is 11.5 Å². The Morgan fingerprint density at radius 2 is 1.80 bits per heavy atom. The van der Waals surface area contributed by atoms with Gasteiger partial charge in [0.1, 0.15) is 0 Å². The van der Waals surface area contributed by atoms with Gasteiger partial charge >= 0.3 is 0 Å². The number of hydrogen-bond donors (Lipinski definition) is 2. The van der Waals surface area contributed by atoms with Crippen molar-refractivity contribution in [2.45, 2.75) is 17.7 Å². The lowest BCUT2D eigenvalue weighted by Gasteiger charge is -2.12. The molecule has 0 aliphatic carbocycles. The Labute approximate surface area is 145 Å². The van der Waals surface area contributed by atoms with Gasteiger partial charge in [0.15, 0.2) is 11.5 Å². The van der Waals surface area contributed by atoms with Gasteiger partial charge in [0.05, 0.1) is 30.2 Å². The molecular weight excluding hydrogens is 344 g/mol. The highest BCUT2D eigenvalue weighted by Gasteiger charge is 2.22. The van der Waals surface area contributed by atoms with E-state index in [2.05, 4.69) is 10.0 Å². The van der Waals surface area contributed by atoms with E-state index in [4.69, 9.17) is 9.47 Å². The molecule has 0 spiro atoms. The summed E-state index contributed by atoms with van der Waals surface area (Å²) >= 11 is 0. The lowest BCUT2D eigenvalue weighted by molar-refractivity contribution is -0.115. The monoisotopic (exact) mass is 360 g/mol. The molecule has 130 valence electrons. The predicted molar refractivity (Wildman–Crippen MR) is 91.6 cm³/mol. The second-order valence-corrected chi connectivity index (χ2v) is 7.54. The van der Waals surface area contributed by atoms with E-state index in [1.165, 1.54) is 12.1 Å². The largest absolute Gasteiger partial charge is 0.490 e. The molecule has 0 unspecified atom stereocenters. The summed E-state index contributed by atoms with van der Waals surface area (Å²) in [5.41, 5.74) is 1.71. The molecule has 0 saturated carbocycles. The molecule has 0 bridgehead atoms. The topological polar surface area (TPSA) is 93.7 Å². The first-order valence-corrected chi connectivity index (χ1v) is 9.35. The van der Waals surface area contributed by atoms with Gasteiger partial charge in [-0.2, -0.15) is 0 Å². The normalized spacial score (nSPS) is 15.9. The van der Waals surface area contributed by atoms with Gasteiger partial charge < -0.3 is 14.8 Å². The predicted octanol–water partition coefficient (Wildman–Crippen LogP) is 2.14. The molecule has 25 heavy (non-hydrogen) atoms. The van der Waals surface area contributed by atoms with E-state index in [-0.39, 0.29) is 17.2 Å². The first kappa shape index (κ1) is 15.8. The zero-order chi connectivity index (χ0) is 17.4. The van der Waals surface area contributed by atoms with Crippen LogP contribution in [0, 0.1) is 0 Å². The lowest BCUT2D eigenvalue weighted by Crippen LogP contribution is -2.13. The Hall–Kier alpha value is -2.74. The van der Waals surface area contributed by atoms with Gasteiger partial charge in [-0.1, -0.05) is 0 Å². The summed E-state index contributed by atoms with van der Waals surface area (Å²) in [7, 11) is -3.77. The third-order valence-electron chi connectivity index (χ3n) is 4.01. The minimum atomic E-state index is -3.77. The SMILES string of the molecule is O=C1Cc2cc(S(=O)(=O)Nc3ccc4c(c3)OCCCO4)ccc2N1. The van der Waals surface area contributed by atoms with Gasteiger partial charge in [0.25, 0.3) is 10.0 Å². The van der Waals surface area contributed by atoms with Crippen molar-refractivity contribution < 1.29 is 22.7 Å². The fraction of sp³-hybridized carbons (Fsp3) is 0.235. The van der Waals surface area contributed by atoms with Crippen LogP contribution < -0.4 is 19.5 Å². The van der Waals surface area contributed by atoms with Crippen LogP contribution in [-0.2, 0) is 21.2 Å². The van der Waals surface area contributed by atoms with Gasteiger partial charge in [-0.15, -0.1) is 0 Å². The number of nitrogens with one attached hydrogen (secondary N) is 2. The van der Waals surface area contributed by atoms with Gasteiger partial charge in [-0.3, -0.25) is 9.52 Å². The second kappa shape index (κ2) is 5.96. The minimum absolute atomic E-state index is 0.106. The van der Waals surface area contributed by atoms with Gasteiger partial charge in [-0.25, -0.2) is 8.42 Å². The van der Waals surface area contributed by atoms with Crippen LogP contribution in [0.25, 0.3) is 0 Å². The standard InChI is InChI=1S/C17H16N2O5S/c20-17-9-11-8-13(3-4-14(11)18-17)25(21,22)19-12-2-5-15-16(10-12)24-7-1-6-23-15/h2-5,8,10,19H,1,6-7,9H2,(H,18,20). The molecule has 4 rings (SSSR count). The van der Waals surface area contributed by atoms with Crippen LogP contribution in [0.4, 0.5) is 11.4 Å². The maximum atomic E-state index is 12.6. The Balaban J connectivity index is 1.61. The zero-order valence-electron chi connectivity index (χ0n) is 13.2. The van der Waals surface area contributed by atoms with Crippen LogP contribution in [0.2, 0.25) is 0 Å². The van der Waals surface area contributed by atoms with Crippen molar-refractivity contribution in [1.29, 1.82) is 0 Å². The molecule has 2 aromatic carbocycles. The summed E-state index contributed by atoms with van der Waals surface area (Å²) in [5.74, 6) is 0.976. The molecule has 7 nitrogen and oxygen atoms in total. The lowest BCUT2D eigenvalue weighted by atomic mass is 10.2. The second-order valence-electron chi connectivity index (χ2n) is 5.86. The quantitative estimate of drug-likeness (QED) is 0.875. The number of ether oxygens (including phenoxy) is 2. The van der Waals surface area contributed by atoms with Crippen molar-refractivity contribution in [3.63, 3.8) is 0 Å². The van der Waals surface area contributed by atoms with E-state index in [0.717, 1.165) is 6.42 Å². The van der Waals surface area contributed by atoms with Crippen LogP contribution in [-0.4, -0.2) is 27.5 Å². The summed E-state index contributed by atoms with van der Waals surface area (Å²) < 4.78 is 38.9. The summed E-state index contributed by atoms with van der Waals surface area (Å²) in [6.45, 7) is 1.09. The summed E-state index contributed by atoms with van der Waals surface area (Å²) in [6.07, 6.45) is 0.959. The molecule has 8 heteroatoms. The highest BCUT2D eigenvalue weighted by molar-refractivity contribution is 7.92. The first-order chi connectivity index (χ1) is 12.0. The fourth-order valence-electron chi connectivity index (χ4n) is 2.81. The van der Waals surface area contributed by atoms with Crippen molar-refractivity contribution in [3.05, 3.63) is 42.0 Å². The third kappa shape index (κ3) is 3.12. The number of sulfonamides is 1. The van der Waals surface area contributed by atoms with Crippen LogP contribution in [0.15, 0.2) is 41.3 Å². The number of rotatable bonds is 3. The van der Waals surface area contributed by atoms with Crippen molar-refractivity contribution in [2.24, 2.45) is 0 Å². The van der Waals surface area contributed by atoms with Gasteiger partial charge in [0, 0.05) is 18.2 Å². The Bertz CT molecular complexity index is 956. The highest BCUT2D eigenvalue weighted by Crippen LogP contribution is 2.33. The molecule has 0 atom stereocenters. The number of amides is 1. The van der Waals surface area contributed by atoms with Crippen LogP contribution in [0.1, 0.15) is 12.0 Å². The van der Waals surface area contributed by atoms with Crippen LogP contribution >= 0.6 is 0 Å². The van der Waals surface area contributed by atoms with E-state index in [0.29, 0.717) is 41.7 Å². The maximum absolute atomic E-state index is 12.6. The first-order valence-electron chi connectivity index (χ1n) is 7.86. The average molecular weight is 360 g/mol. The molecule has 2 N–H and O–H groups in total. The number of anilines is 2. The summed E-state index contributed by atoms with van der Waals surface area (Å²) in [6, 6.07) is 9.50. The van der Waals surface area contributed by atoms with E-state index < -0.39 is 10.0 Å². The molecule has 2 heterocycles. The molecular formula is C17H16N2O5S. The summed E-state index contributed by atoms with van der Waals surface area (Å²) in [5, 5.41) is 2.68. The third-order valence-corrected chi connectivity index (χ3v) is 5.39. The van der Waals surface area contributed by atoms with E-state index in [1.807, 2.05) is 0 Å². The number of benzene rings is 2. The molecule has 0 radical (unpaired) electrons. The number of carbonyl (C=O) groups is 1. The molecule has 0 saturated heterocycles. The molecule has 2 aromatic rings. The number of hydrogen-bond acceptors (Lipinski definition) is 5. The number of carbonyl (C=O) groups excluding carboxylic acids is 1. The molecule has 0 fully saturated rings. The van der Waals surface area contributed by atoms with E-state index in [9.17, 15) is 13.2 Å². The highest BCUT2D eigenvalue weighted by atomic mass is 32.2. The Morgan fingerprint density at radius 1 is 1.00 bits per heavy atom. The fourth-order valence-corrected chi connectivity index (χ4v) is 3.91. The Kier molecular flexibility index (Phi) is 3.76. The Morgan fingerprint density at radius 3 is 2.64 bits per heavy atom. The molecule has 0 aromatic heterocycles. The molecule has 2 aliphatic rings.